The number of carbonyl (C=O) groups excluding carboxylic acids is 2. The minimum atomic E-state index is -1.69. The molecule has 0 spiro atoms. The monoisotopic (exact) mass is 355 g/mol. The molecule has 0 bridgehead atoms. The molecule has 2 fully saturated rings. The number of hydrogen-bond acceptors (Lipinski definition) is 5. The molecule has 7 nitrogen and oxygen atoms in total. The molecular formula is C16H19F2N3O4. The molecule has 1 aromatic rings. The van der Waals surface area contributed by atoms with Gasteiger partial charge in [-0.05, 0) is 12.1 Å². The Morgan fingerprint density at radius 3 is 2.52 bits per heavy atom. The molecule has 2 aliphatic heterocycles. The van der Waals surface area contributed by atoms with Crippen molar-refractivity contribution in [3.63, 3.8) is 0 Å². The molecule has 9 heteroatoms. The van der Waals surface area contributed by atoms with E-state index in [0.717, 1.165) is 4.90 Å². The van der Waals surface area contributed by atoms with Gasteiger partial charge in [0.05, 0.1) is 26.3 Å². The number of cyclic esters (lactones) is 1. The first-order valence-corrected chi connectivity index (χ1v) is 7.88. The molecule has 0 aromatic heterocycles. The highest BCUT2D eigenvalue weighted by atomic mass is 19.2. The number of para-hydroxylation sites is 1. The largest absolute Gasteiger partial charge is 0.423 e. The molecule has 3 unspecified atom stereocenters. The highest BCUT2D eigenvalue weighted by Crippen LogP contribution is 2.23. The third-order valence-electron chi connectivity index (χ3n) is 4.24. The van der Waals surface area contributed by atoms with Crippen molar-refractivity contribution in [2.45, 2.75) is 18.8 Å². The predicted molar refractivity (Wildman–Crippen MR) is 84.1 cm³/mol. The minimum absolute atomic E-state index is 0.145. The number of carbonyl (C=O) groups is 2. The third-order valence-corrected chi connectivity index (χ3v) is 4.24. The van der Waals surface area contributed by atoms with Crippen LogP contribution in [0.25, 0.3) is 0 Å². The normalized spacial score (nSPS) is 27.2. The Morgan fingerprint density at radius 2 is 1.88 bits per heavy atom. The molecule has 2 heterocycles. The fraction of sp³-hybridized carbons (Fsp3) is 0.500. The fourth-order valence-corrected chi connectivity index (χ4v) is 2.72. The van der Waals surface area contributed by atoms with Crippen LogP contribution in [0.4, 0.5) is 19.3 Å². The summed E-state index contributed by atoms with van der Waals surface area (Å²) in [6, 6.07) is 8.89. The number of hydrogen-bond donors (Lipinski definition) is 0. The summed E-state index contributed by atoms with van der Waals surface area (Å²) < 4.78 is 37.4. The van der Waals surface area contributed by atoms with E-state index in [9.17, 15) is 18.4 Å². The molecule has 2 saturated heterocycles. The number of anilines is 1. The molecule has 0 saturated carbocycles. The van der Waals surface area contributed by atoms with Crippen LogP contribution >= 0.6 is 0 Å². The van der Waals surface area contributed by atoms with E-state index in [-0.39, 0.29) is 19.8 Å². The van der Waals surface area contributed by atoms with Crippen molar-refractivity contribution in [3.05, 3.63) is 30.3 Å². The van der Waals surface area contributed by atoms with Crippen LogP contribution in [-0.2, 0) is 14.3 Å². The van der Waals surface area contributed by atoms with Gasteiger partial charge in [0.2, 0.25) is 5.91 Å². The van der Waals surface area contributed by atoms with Crippen LogP contribution in [0, 0.1) is 0 Å². The first-order chi connectivity index (χ1) is 12.0. The number of likely N-dealkylation sites (N-methyl/N-ethyl adjacent to an activating group) is 1. The number of nitrogens with zero attached hydrogens (tertiary/aromatic N) is 3. The van der Waals surface area contributed by atoms with E-state index in [1.807, 2.05) is 6.07 Å². The van der Waals surface area contributed by atoms with Crippen molar-refractivity contribution in [3.8, 4) is 0 Å². The first kappa shape index (κ1) is 17.6. The summed E-state index contributed by atoms with van der Waals surface area (Å²) in [5, 5.41) is 0. The van der Waals surface area contributed by atoms with Crippen molar-refractivity contribution in [1.29, 1.82) is 0 Å². The smallest absolute Gasteiger partial charge is 0.416 e. The van der Waals surface area contributed by atoms with Gasteiger partial charge in [-0.25, -0.2) is 18.5 Å². The van der Waals surface area contributed by atoms with E-state index in [4.69, 9.17) is 9.47 Å². The van der Waals surface area contributed by atoms with E-state index in [1.165, 1.54) is 16.8 Å². The SMILES string of the molecule is CN(C(=O)CN1C(F)COCC1F)C1CN(c2ccccc2)C(=O)O1. The maximum atomic E-state index is 13.7. The lowest BCUT2D eigenvalue weighted by Crippen LogP contribution is -2.53. The zero-order valence-electron chi connectivity index (χ0n) is 13.7. The number of morpholine rings is 1. The number of halogens is 2. The van der Waals surface area contributed by atoms with Crippen LogP contribution in [0.3, 0.4) is 0 Å². The van der Waals surface area contributed by atoms with Gasteiger partial charge in [-0.15, -0.1) is 0 Å². The van der Waals surface area contributed by atoms with Crippen LogP contribution in [0.1, 0.15) is 0 Å². The molecule has 2 amide bonds. The van der Waals surface area contributed by atoms with E-state index in [2.05, 4.69) is 0 Å². The molecule has 0 radical (unpaired) electrons. The number of amides is 2. The van der Waals surface area contributed by atoms with E-state index < -0.39 is 37.4 Å². The second kappa shape index (κ2) is 7.32. The molecule has 3 rings (SSSR count). The van der Waals surface area contributed by atoms with Gasteiger partial charge >= 0.3 is 6.09 Å². The van der Waals surface area contributed by atoms with Crippen molar-refractivity contribution >= 4 is 17.7 Å². The Balaban J connectivity index is 1.62. The van der Waals surface area contributed by atoms with E-state index in [0.29, 0.717) is 5.69 Å². The fourth-order valence-electron chi connectivity index (χ4n) is 2.72. The summed E-state index contributed by atoms with van der Waals surface area (Å²) in [6.07, 6.45) is -4.77. The van der Waals surface area contributed by atoms with Crippen molar-refractivity contribution < 1.29 is 27.8 Å². The zero-order chi connectivity index (χ0) is 18.0. The van der Waals surface area contributed by atoms with Crippen LogP contribution in [0.15, 0.2) is 30.3 Å². The topological polar surface area (TPSA) is 62.3 Å². The molecule has 1 aromatic carbocycles. The van der Waals surface area contributed by atoms with Gasteiger partial charge in [0.25, 0.3) is 0 Å². The van der Waals surface area contributed by atoms with Crippen LogP contribution in [-0.4, -0.2) is 74.0 Å². The quantitative estimate of drug-likeness (QED) is 0.763. The second-order valence-corrected chi connectivity index (χ2v) is 5.87. The van der Waals surface area contributed by atoms with E-state index in [1.54, 1.807) is 24.3 Å². The van der Waals surface area contributed by atoms with Crippen LogP contribution in [0.5, 0.6) is 0 Å². The highest BCUT2D eigenvalue weighted by molar-refractivity contribution is 5.90. The molecule has 0 N–H and O–H groups in total. The van der Waals surface area contributed by atoms with Gasteiger partial charge in [-0.3, -0.25) is 9.69 Å². The molecular weight excluding hydrogens is 336 g/mol. The Bertz CT molecular complexity index is 623. The Hall–Kier alpha value is -2.26. The summed E-state index contributed by atoms with van der Waals surface area (Å²) in [7, 11) is 1.44. The Kier molecular flexibility index (Phi) is 5.14. The second-order valence-electron chi connectivity index (χ2n) is 5.87. The molecule has 25 heavy (non-hydrogen) atoms. The van der Waals surface area contributed by atoms with Crippen molar-refractivity contribution in [1.82, 2.24) is 9.80 Å². The summed E-state index contributed by atoms with van der Waals surface area (Å²) in [5.74, 6) is -0.542. The first-order valence-electron chi connectivity index (χ1n) is 7.88. The lowest BCUT2D eigenvalue weighted by Gasteiger charge is -2.34. The Labute approximate surface area is 143 Å². The van der Waals surface area contributed by atoms with Gasteiger partial charge in [0.1, 0.15) is 0 Å². The van der Waals surface area contributed by atoms with Gasteiger partial charge < -0.3 is 14.4 Å². The minimum Gasteiger partial charge on any atom is -0.423 e. The van der Waals surface area contributed by atoms with Crippen LogP contribution < -0.4 is 4.90 Å². The molecule has 0 aliphatic carbocycles. The molecule has 3 atom stereocenters. The van der Waals surface area contributed by atoms with Crippen molar-refractivity contribution in [2.75, 3.05) is 38.3 Å². The number of rotatable bonds is 4. The number of benzene rings is 1. The van der Waals surface area contributed by atoms with Gasteiger partial charge in [0, 0.05) is 12.7 Å². The lowest BCUT2D eigenvalue weighted by molar-refractivity contribution is -0.160. The van der Waals surface area contributed by atoms with Crippen molar-refractivity contribution in [2.24, 2.45) is 0 Å². The number of ether oxygens (including phenoxy) is 2. The summed E-state index contributed by atoms with van der Waals surface area (Å²) in [5.41, 5.74) is 0.650. The Morgan fingerprint density at radius 1 is 1.24 bits per heavy atom. The highest BCUT2D eigenvalue weighted by Gasteiger charge is 2.39. The average Bonchev–Trinajstić information content (AvgIpc) is 3.00. The standard InChI is InChI=1S/C16H19F2N3O4/c1-19(14(22)7-21-12(17)9-24-10-13(21)18)15-8-20(16(23)25-15)11-5-3-2-4-6-11/h2-6,12-13,15H,7-10H2,1H3. The number of alkyl halides is 2. The zero-order valence-corrected chi connectivity index (χ0v) is 13.7. The maximum Gasteiger partial charge on any atom is 0.416 e. The summed E-state index contributed by atoms with van der Waals surface area (Å²) >= 11 is 0. The molecule has 136 valence electrons. The van der Waals surface area contributed by atoms with Gasteiger partial charge in [-0.1, -0.05) is 18.2 Å². The van der Waals surface area contributed by atoms with Crippen LogP contribution in [0.2, 0.25) is 0 Å². The maximum absolute atomic E-state index is 13.7. The molecule has 2 aliphatic rings. The average molecular weight is 355 g/mol. The third kappa shape index (κ3) is 3.72. The lowest BCUT2D eigenvalue weighted by atomic mass is 10.3. The predicted octanol–water partition coefficient (Wildman–Crippen LogP) is 1.35. The van der Waals surface area contributed by atoms with Gasteiger partial charge in [0.15, 0.2) is 18.8 Å². The van der Waals surface area contributed by atoms with E-state index >= 15 is 0 Å². The summed E-state index contributed by atoms with van der Waals surface area (Å²) in [6.45, 7) is -0.872. The van der Waals surface area contributed by atoms with Gasteiger partial charge in [-0.2, -0.15) is 0 Å². The summed E-state index contributed by atoms with van der Waals surface area (Å²) in [4.78, 5) is 27.8.